The summed E-state index contributed by atoms with van der Waals surface area (Å²) >= 11 is 5.29. The Morgan fingerprint density at radius 2 is 1.79 bits per heavy atom. The van der Waals surface area contributed by atoms with Gasteiger partial charge in [-0.3, -0.25) is 4.79 Å². The number of carbonyl (C=O) groups excluding carboxylic acids is 3. The maximum absolute atomic E-state index is 12.7. The highest BCUT2D eigenvalue weighted by molar-refractivity contribution is 7.80. The third kappa shape index (κ3) is 8.54. The van der Waals surface area contributed by atoms with E-state index in [9.17, 15) is 14.4 Å². The van der Waals surface area contributed by atoms with Crippen LogP contribution in [0, 0.1) is 0 Å². The van der Waals surface area contributed by atoms with Gasteiger partial charge in [-0.15, -0.1) is 0 Å². The van der Waals surface area contributed by atoms with E-state index in [4.69, 9.17) is 31.2 Å². The van der Waals surface area contributed by atoms with Crippen molar-refractivity contribution in [2.75, 3.05) is 26.4 Å². The molecular weight excluding hydrogens is 524 g/mol. The lowest BCUT2D eigenvalue weighted by Gasteiger charge is -2.30. The Bertz CT molecular complexity index is 1280. The van der Waals surface area contributed by atoms with Crippen LogP contribution in [0.2, 0.25) is 0 Å². The maximum Gasteiger partial charge on any atom is 0.344 e. The second-order valence-corrected chi connectivity index (χ2v) is 8.48. The largest absolute Gasteiger partial charge is 0.483 e. The molecular formula is C27H30N4O7S. The quantitative estimate of drug-likeness (QED) is 0.155. The van der Waals surface area contributed by atoms with Crippen LogP contribution < -0.4 is 25.5 Å². The molecule has 11 nitrogen and oxygen atoms in total. The molecule has 1 atom stereocenters. The molecule has 2 aromatic rings. The number of benzene rings is 2. The summed E-state index contributed by atoms with van der Waals surface area (Å²) in [5.41, 5.74) is 4.59. The van der Waals surface area contributed by atoms with Crippen molar-refractivity contribution in [3.05, 3.63) is 70.9 Å². The fraction of sp³-hybridized carbons (Fsp3) is 0.296. The van der Waals surface area contributed by atoms with Crippen LogP contribution in [0.4, 0.5) is 0 Å². The number of ether oxygens (including phenoxy) is 4. The van der Waals surface area contributed by atoms with Crippen molar-refractivity contribution in [1.82, 2.24) is 16.1 Å². The highest BCUT2D eigenvalue weighted by atomic mass is 32.1. The number of esters is 2. The van der Waals surface area contributed by atoms with Gasteiger partial charge in [0.05, 0.1) is 31.0 Å². The monoisotopic (exact) mass is 554 g/mol. The normalized spacial score (nSPS) is 14.7. The lowest BCUT2D eigenvalue weighted by atomic mass is 9.95. The van der Waals surface area contributed by atoms with Crippen molar-refractivity contribution in [2.45, 2.75) is 26.8 Å². The van der Waals surface area contributed by atoms with Gasteiger partial charge in [-0.2, -0.15) is 5.10 Å². The van der Waals surface area contributed by atoms with Crippen molar-refractivity contribution in [2.24, 2.45) is 5.10 Å². The molecule has 39 heavy (non-hydrogen) atoms. The zero-order valence-corrected chi connectivity index (χ0v) is 22.6. The van der Waals surface area contributed by atoms with Crippen LogP contribution in [-0.4, -0.2) is 55.6 Å². The Labute approximate surface area is 231 Å². The van der Waals surface area contributed by atoms with E-state index in [1.165, 1.54) is 6.21 Å². The van der Waals surface area contributed by atoms with E-state index >= 15 is 0 Å². The summed E-state index contributed by atoms with van der Waals surface area (Å²) in [6.07, 6.45) is 1.43. The number of rotatable bonds is 12. The number of nitrogens with zero attached hydrogens (tertiary/aromatic N) is 1. The third-order valence-electron chi connectivity index (χ3n) is 5.28. The molecule has 0 saturated heterocycles. The fourth-order valence-corrected chi connectivity index (χ4v) is 3.91. The van der Waals surface area contributed by atoms with Crippen molar-refractivity contribution in [3.63, 3.8) is 0 Å². The van der Waals surface area contributed by atoms with Gasteiger partial charge in [0.2, 0.25) is 0 Å². The molecule has 0 saturated carbocycles. The van der Waals surface area contributed by atoms with Crippen LogP contribution in [0.3, 0.4) is 0 Å². The van der Waals surface area contributed by atoms with Gasteiger partial charge in [0.15, 0.2) is 18.3 Å². The number of para-hydroxylation sites is 1. The molecule has 206 valence electrons. The van der Waals surface area contributed by atoms with Crippen LogP contribution in [-0.2, 0) is 23.9 Å². The zero-order chi connectivity index (χ0) is 28.2. The van der Waals surface area contributed by atoms with Gasteiger partial charge >= 0.3 is 11.9 Å². The lowest BCUT2D eigenvalue weighted by molar-refractivity contribution is -0.145. The highest BCUT2D eigenvalue weighted by Gasteiger charge is 2.32. The van der Waals surface area contributed by atoms with Gasteiger partial charge in [-0.1, -0.05) is 30.3 Å². The minimum atomic E-state index is -0.631. The summed E-state index contributed by atoms with van der Waals surface area (Å²) in [7, 11) is 0. The Morgan fingerprint density at radius 3 is 2.56 bits per heavy atom. The van der Waals surface area contributed by atoms with Crippen LogP contribution >= 0.6 is 12.2 Å². The Balaban J connectivity index is 1.62. The van der Waals surface area contributed by atoms with E-state index < -0.39 is 23.9 Å². The first-order chi connectivity index (χ1) is 18.8. The van der Waals surface area contributed by atoms with E-state index in [0.717, 1.165) is 0 Å². The number of carbonyl (C=O) groups is 3. The zero-order valence-electron chi connectivity index (χ0n) is 21.8. The second-order valence-electron chi connectivity index (χ2n) is 8.08. The first kappa shape index (κ1) is 29.1. The summed E-state index contributed by atoms with van der Waals surface area (Å²) in [5.74, 6) is -0.607. The summed E-state index contributed by atoms with van der Waals surface area (Å²) < 4.78 is 21.2. The van der Waals surface area contributed by atoms with Crippen molar-refractivity contribution < 1.29 is 33.3 Å². The van der Waals surface area contributed by atoms with Crippen molar-refractivity contribution >= 4 is 41.4 Å². The van der Waals surface area contributed by atoms with E-state index in [1.807, 2.05) is 0 Å². The number of nitrogens with one attached hydrogen (secondary N) is 3. The van der Waals surface area contributed by atoms with E-state index in [2.05, 4.69) is 21.2 Å². The Morgan fingerprint density at radius 1 is 1.03 bits per heavy atom. The van der Waals surface area contributed by atoms with Crippen LogP contribution in [0.5, 0.6) is 11.5 Å². The molecule has 3 N–H and O–H groups in total. The predicted octanol–water partition coefficient (Wildman–Crippen LogP) is 2.51. The first-order valence-electron chi connectivity index (χ1n) is 12.2. The third-order valence-corrected chi connectivity index (χ3v) is 5.50. The number of amides is 1. The predicted molar refractivity (Wildman–Crippen MR) is 147 cm³/mol. The Hall–Kier alpha value is -4.45. The van der Waals surface area contributed by atoms with Crippen molar-refractivity contribution in [3.8, 4) is 11.5 Å². The minimum Gasteiger partial charge on any atom is -0.483 e. The molecule has 0 bridgehead atoms. The molecule has 2 aromatic carbocycles. The van der Waals surface area contributed by atoms with Gasteiger partial charge < -0.3 is 29.6 Å². The second kappa shape index (κ2) is 14.5. The summed E-state index contributed by atoms with van der Waals surface area (Å²) in [4.78, 5) is 36.5. The molecule has 0 aliphatic carbocycles. The molecule has 1 amide bonds. The smallest absolute Gasteiger partial charge is 0.344 e. The SMILES string of the molecule is CCOC(=O)COc1cccc(C=NNC(=O)COc2ccccc2[C@H]2NC(=S)NC(C)=C2C(=O)OCC)c1. The molecule has 3 rings (SSSR count). The molecule has 0 spiro atoms. The lowest BCUT2D eigenvalue weighted by Crippen LogP contribution is -2.45. The van der Waals surface area contributed by atoms with Gasteiger partial charge in [0.1, 0.15) is 11.5 Å². The van der Waals surface area contributed by atoms with E-state index in [-0.39, 0.29) is 26.4 Å². The number of hydrazone groups is 1. The number of thiocarbonyl (C=S) groups is 1. The Kier molecular flexibility index (Phi) is 10.8. The summed E-state index contributed by atoms with van der Waals surface area (Å²) in [6, 6.07) is 13.2. The minimum absolute atomic E-state index is 0.209. The van der Waals surface area contributed by atoms with Gasteiger partial charge in [0, 0.05) is 11.3 Å². The average molecular weight is 555 g/mol. The molecule has 1 aliphatic rings. The molecule has 0 radical (unpaired) electrons. The van der Waals surface area contributed by atoms with Crippen molar-refractivity contribution in [1.29, 1.82) is 0 Å². The highest BCUT2D eigenvalue weighted by Crippen LogP contribution is 2.33. The molecule has 1 aliphatic heterocycles. The van der Waals surface area contributed by atoms with Crippen LogP contribution in [0.15, 0.2) is 64.9 Å². The maximum atomic E-state index is 12.7. The molecule has 0 aromatic heterocycles. The standard InChI is InChI=1S/C27H30N4O7S/c1-4-35-23(33)16-37-19-10-8-9-18(13-19)14-28-31-22(32)15-38-21-12-7-6-11-20(21)25-24(26(34)36-5-2)17(3)29-27(39)30-25/h6-14,25H,4-5,15-16H2,1-3H3,(H,31,32)(H2,29,30,39)/t25-/m1/s1. The summed E-state index contributed by atoms with van der Waals surface area (Å²) in [5, 5.41) is 10.3. The molecule has 0 fully saturated rings. The average Bonchev–Trinajstić information content (AvgIpc) is 2.91. The number of hydrogen-bond donors (Lipinski definition) is 3. The van der Waals surface area contributed by atoms with E-state index in [0.29, 0.717) is 39.0 Å². The molecule has 12 heteroatoms. The molecule has 0 unspecified atom stereocenters. The van der Waals surface area contributed by atoms with E-state index in [1.54, 1.807) is 69.3 Å². The molecule has 1 heterocycles. The van der Waals surface area contributed by atoms with Gasteiger partial charge in [-0.05, 0) is 56.8 Å². The van der Waals surface area contributed by atoms with Crippen LogP contribution in [0.25, 0.3) is 0 Å². The fourth-order valence-electron chi connectivity index (χ4n) is 3.64. The first-order valence-corrected chi connectivity index (χ1v) is 12.6. The number of allylic oxidation sites excluding steroid dienone is 1. The van der Waals surface area contributed by atoms with Gasteiger partial charge in [0.25, 0.3) is 5.91 Å². The number of hydrogen-bond acceptors (Lipinski definition) is 9. The topological polar surface area (TPSA) is 137 Å². The summed E-state index contributed by atoms with van der Waals surface area (Å²) in [6.45, 7) is 5.14. The van der Waals surface area contributed by atoms with Crippen LogP contribution in [0.1, 0.15) is 37.9 Å². The van der Waals surface area contributed by atoms with Gasteiger partial charge in [-0.25, -0.2) is 15.0 Å².